The molecule has 0 atom stereocenters. The van der Waals surface area contributed by atoms with Crippen molar-refractivity contribution in [1.82, 2.24) is 29.9 Å². The topological polar surface area (TPSA) is 102 Å². The standard InChI is InChI=1S/C74H46F26N8O2/c75-61(76,65(79,80)67(83,84)69(87,88)71(91,92)73(95,96)97)39-109-59-103-55(41-29-31-53-49(37-41)47-25-13-15-27-51(47)63(53,43-17-5-1-6-18-43)44-19-7-2-8-20-44)101-57(105-59)107-33-35-108(36-34-107)58-102-56(104-60(106-58)110-40-62(77,78)66(81,82)68(85,86)70(89,90)72(93,94)74(98,99)100)42-30-32-54-50(38-42)48-26-14-16-28-52(48)64(54,45-21-9-3-10-22-45)46-23-11-4-12-24-46/h1-32,37-38H,33-36,39-40H2. The van der Waals surface area contributed by atoms with E-state index in [1.54, 1.807) is 121 Å². The second-order valence-electron chi connectivity index (χ2n) is 25.6. The van der Waals surface area contributed by atoms with Crippen LogP contribution < -0.4 is 19.3 Å². The Balaban J connectivity index is 0.891. The van der Waals surface area contributed by atoms with E-state index in [-0.39, 0.29) is 11.1 Å². The maximum atomic E-state index is 15.6. The molecule has 2 aromatic heterocycles. The van der Waals surface area contributed by atoms with E-state index in [1.807, 2.05) is 60.7 Å². The van der Waals surface area contributed by atoms with E-state index in [0.717, 1.165) is 32.1 Å². The second kappa shape index (κ2) is 26.5. The van der Waals surface area contributed by atoms with Crippen LogP contribution in [0.5, 0.6) is 12.0 Å². The van der Waals surface area contributed by atoms with E-state index < -0.39 is 157 Å². The summed E-state index contributed by atoms with van der Waals surface area (Å²) in [6.07, 6.45) is -15.4. The molecule has 0 N–H and O–H groups in total. The first kappa shape index (κ1) is 77.3. The number of anilines is 2. The van der Waals surface area contributed by atoms with Crippen LogP contribution in [0.4, 0.5) is 126 Å². The molecule has 36 heteroatoms. The molecular formula is C74H46F26N8O2. The minimum atomic E-state index is -8.28. The van der Waals surface area contributed by atoms with Crippen LogP contribution in [0.25, 0.3) is 45.0 Å². The number of piperazine rings is 1. The zero-order chi connectivity index (χ0) is 79.6. The maximum absolute atomic E-state index is 15.6. The molecule has 1 aliphatic heterocycles. The van der Waals surface area contributed by atoms with E-state index in [1.165, 1.54) is 24.3 Å². The van der Waals surface area contributed by atoms with Gasteiger partial charge in [-0.15, -0.1) is 0 Å². The van der Waals surface area contributed by atoms with E-state index in [4.69, 9.17) is 0 Å². The van der Waals surface area contributed by atoms with Gasteiger partial charge in [-0.25, -0.2) is 0 Å². The summed E-state index contributed by atoms with van der Waals surface area (Å²) in [6, 6.07) is 55.5. The average molecular weight is 1570 g/mol. The molecule has 1 fully saturated rings. The lowest BCUT2D eigenvalue weighted by atomic mass is 9.67. The molecule has 1 saturated heterocycles. The minimum absolute atomic E-state index is 0.119. The predicted molar refractivity (Wildman–Crippen MR) is 342 cm³/mol. The van der Waals surface area contributed by atoms with Crippen molar-refractivity contribution in [3.8, 4) is 57.1 Å². The van der Waals surface area contributed by atoms with Gasteiger partial charge in [-0.05, 0) is 78.9 Å². The van der Waals surface area contributed by atoms with Crippen molar-refractivity contribution in [2.75, 3.05) is 49.2 Å². The van der Waals surface area contributed by atoms with Gasteiger partial charge in [0.05, 0.1) is 10.8 Å². The Morgan fingerprint density at radius 3 is 0.827 bits per heavy atom. The van der Waals surface area contributed by atoms with Crippen molar-refractivity contribution in [1.29, 1.82) is 0 Å². The molecule has 10 aromatic rings. The van der Waals surface area contributed by atoms with Gasteiger partial charge in [-0.1, -0.05) is 194 Å². The quantitative estimate of drug-likeness (QED) is 0.0610. The van der Waals surface area contributed by atoms with E-state index in [2.05, 4.69) is 39.4 Å². The Morgan fingerprint density at radius 1 is 0.273 bits per heavy atom. The molecule has 0 amide bonds. The van der Waals surface area contributed by atoms with Gasteiger partial charge < -0.3 is 19.3 Å². The number of rotatable bonds is 22. The molecule has 0 unspecified atom stereocenters. The van der Waals surface area contributed by atoms with Gasteiger partial charge in [-0.3, -0.25) is 0 Å². The molecule has 3 heterocycles. The number of fused-ring (bicyclic) bond motifs is 6. The fourth-order valence-electron chi connectivity index (χ4n) is 13.7. The second-order valence-corrected chi connectivity index (χ2v) is 25.6. The molecule has 0 saturated carbocycles. The highest BCUT2D eigenvalue weighted by Gasteiger charge is 2.92. The van der Waals surface area contributed by atoms with Crippen LogP contribution in [0.3, 0.4) is 0 Å². The lowest BCUT2D eigenvalue weighted by Crippen LogP contribution is -2.70. The van der Waals surface area contributed by atoms with Crippen molar-refractivity contribution in [2.24, 2.45) is 0 Å². The third-order valence-corrected chi connectivity index (χ3v) is 19.2. The lowest BCUT2D eigenvalue weighted by Gasteiger charge is -2.39. The summed E-state index contributed by atoms with van der Waals surface area (Å²) in [4.78, 5) is 26.6. The first-order valence-electron chi connectivity index (χ1n) is 32.3. The van der Waals surface area contributed by atoms with Crippen molar-refractivity contribution in [2.45, 2.75) is 82.4 Å². The molecule has 0 radical (unpaired) electrons. The number of alkyl halides is 26. The summed E-state index contributed by atoms with van der Waals surface area (Å²) < 4.78 is 383. The Morgan fingerprint density at radius 2 is 0.536 bits per heavy atom. The van der Waals surface area contributed by atoms with Gasteiger partial charge in [-0.2, -0.15) is 144 Å². The third-order valence-electron chi connectivity index (χ3n) is 19.2. The molecule has 110 heavy (non-hydrogen) atoms. The molecule has 3 aliphatic rings. The Hall–Kier alpha value is -10.8. The highest BCUT2D eigenvalue weighted by Crippen LogP contribution is 2.64. The molecule has 0 spiro atoms. The van der Waals surface area contributed by atoms with Crippen LogP contribution in [0.2, 0.25) is 0 Å². The van der Waals surface area contributed by atoms with Crippen molar-refractivity contribution in [3.05, 3.63) is 251 Å². The Bertz CT molecular complexity index is 4690. The molecule has 8 aromatic carbocycles. The Labute approximate surface area is 603 Å². The number of hydrogen-bond donors (Lipinski definition) is 0. The summed E-state index contributed by atoms with van der Waals surface area (Å²) >= 11 is 0. The van der Waals surface area contributed by atoms with Gasteiger partial charge in [0.2, 0.25) is 11.9 Å². The van der Waals surface area contributed by atoms with Gasteiger partial charge in [0.25, 0.3) is 0 Å². The monoisotopic (exact) mass is 1570 g/mol. The maximum Gasteiger partial charge on any atom is 0.460 e. The van der Waals surface area contributed by atoms with Gasteiger partial charge in [0, 0.05) is 37.3 Å². The van der Waals surface area contributed by atoms with Crippen molar-refractivity contribution >= 4 is 11.9 Å². The first-order valence-corrected chi connectivity index (χ1v) is 32.3. The SMILES string of the molecule is FC(F)(F)C(F)(F)C(F)(F)C(F)(F)C(F)(F)C(F)(F)COc1nc(-c2ccc3c(c2)-c2ccccc2C3(c2ccccc2)c2ccccc2)nc(N2CCN(c3nc(OCC(F)(F)C(F)(F)C(F)(F)C(F)(F)C(F)(F)C(F)(F)F)nc(-c4ccc5c(c4)-c4ccccc4C5(c4ccccc4)c4ccccc4)n3)CC2)n1. The van der Waals surface area contributed by atoms with E-state index in [9.17, 15) is 79.0 Å². The summed E-state index contributed by atoms with van der Waals surface area (Å²) in [7, 11) is 0. The zero-order valence-electron chi connectivity index (χ0n) is 55.1. The zero-order valence-corrected chi connectivity index (χ0v) is 55.1. The largest absolute Gasteiger partial charge is 0.460 e. The van der Waals surface area contributed by atoms with Gasteiger partial charge in [0.15, 0.2) is 24.9 Å². The smallest absolute Gasteiger partial charge is 0.457 e. The number of ether oxygens (including phenoxy) is 2. The van der Waals surface area contributed by atoms with Gasteiger partial charge >= 0.3 is 83.6 Å². The van der Waals surface area contributed by atoms with Crippen LogP contribution >= 0.6 is 0 Å². The summed E-state index contributed by atoms with van der Waals surface area (Å²) in [5.74, 6) is -81.3. The summed E-state index contributed by atoms with van der Waals surface area (Å²) in [5, 5.41) is 0. The number of nitrogens with zero attached hydrogens (tertiary/aromatic N) is 8. The van der Waals surface area contributed by atoms with Crippen LogP contribution in [-0.2, 0) is 10.8 Å². The number of halogens is 26. The summed E-state index contributed by atoms with van der Waals surface area (Å²) in [6.45, 7) is -8.81. The molecule has 0 bridgehead atoms. The van der Waals surface area contributed by atoms with Crippen LogP contribution in [0, 0.1) is 0 Å². The van der Waals surface area contributed by atoms with Crippen LogP contribution in [0.1, 0.15) is 44.5 Å². The molecular weight excluding hydrogens is 1530 g/mol. The fraction of sp³-hybridized carbons (Fsp3) is 0.270. The van der Waals surface area contributed by atoms with Gasteiger partial charge in [0.1, 0.15) is 0 Å². The minimum Gasteiger partial charge on any atom is -0.457 e. The number of benzene rings is 8. The van der Waals surface area contributed by atoms with Crippen LogP contribution in [-0.4, -0.2) is 141 Å². The number of hydrogen-bond acceptors (Lipinski definition) is 10. The lowest BCUT2D eigenvalue weighted by molar-refractivity contribution is -0.440. The Kier molecular flexibility index (Phi) is 18.6. The third kappa shape index (κ3) is 11.7. The number of aromatic nitrogens is 6. The van der Waals surface area contributed by atoms with Crippen molar-refractivity contribution in [3.63, 3.8) is 0 Å². The summed E-state index contributed by atoms with van der Waals surface area (Å²) in [5.41, 5.74) is 5.01. The normalized spacial score (nSPS) is 15.8. The highest BCUT2D eigenvalue weighted by molar-refractivity contribution is 5.90. The van der Waals surface area contributed by atoms with Crippen LogP contribution in [0.15, 0.2) is 206 Å². The molecule has 2 aliphatic carbocycles. The highest BCUT2D eigenvalue weighted by atomic mass is 19.4. The fourth-order valence-corrected chi connectivity index (χ4v) is 13.7. The predicted octanol–water partition coefficient (Wildman–Crippen LogP) is 19.7. The molecule has 576 valence electrons. The van der Waals surface area contributed by atoms with E-state index in [0.29, 0.717) is 44.5 Å². The molecule has 13 rings (SSSR count). The van der Waals surface area contributed by atoms with E-state index >= 15 is 35.1 Å². The van der Waals surface area contributed by atoms with Crippen molar-refractivity contribution < 1.29 is 124 Å². The first-order chi connectivity index (χ1) is 51.4. The average Bonchev–Trinajstić information content (AvgIpc) is 0.930. The molecule has 10 nitrogen and oxygen atoms in total.